The summed E-state index contributed by atoms with van der Waals surface area (Å²) < 4.78 is 1.13. The standard InChI is InChI=1S/C13H20BrNO/c1-2-11(10-16)9-15-7-6-12-4-3-5-13(14)8-12/h3-5,8,11,15-16H,2,6-7,9-10H2,1H3. The van der Waals surface area contributed by atoms with Gasteiger partial charge in [0, 0.05) is 17.6 Å². The predicted octanol–water partition coefficient (Wildman–Crippen LogP) is 2.60. The first-order chi connectivity index (χ1) is 7.76. The second kappa shape index (κ2) is 7.82. The highest BCUT2D eigenvalue weighted by molar-refractivity contribution is 9.10. The number of hydrogen-bond donors (Lipinski definition) is 2. The summed E-state index contributed by atoms with van der Waals surface area (Å²) in [6.07, 6.45) is 2.06. The molecule has 0 heterocycles. The van der Waals surface area contributed by atoms with E-state index >= 15 is 0 Å². The molecule has 16 heavy (non-hydrogen) atoms. The lowest BCUT2D eigenvalue weighted by molar-refractivity contribution is 0.219. The molecule has 0 saturated heterocycles. The van der Waals surface area contributed by atoms with Crippen LogP contribution in [0.4, 0.5) is 0 Å². The minimum Gasteiger partial charge on any atom is -0.396 e. The van der Waals surface area contributed by atoms with E-state index in [0.717, 1.165) is 30.4 Å². The van der Waals surface area contributed by atoms with Crippen LogP contribution in [0.15, 0.2) is 28.7 Å². The number of aliphatic hydroxyl groups is 1. The highest BCUT2D eigenvalue weighted by Gasteiger charge is 2.02. The van der Waals surface area contributed by atoms with Gasteiger partial charge in [0.25, 0.3) is 0 Å². The van der Waals surface area contributed by atoms with Gasteiger partial charge in [-0.05, 0) is 43.0 Å². The summed E-state index contributed by atoms with van der Waals surface area (Å²) in [4.78, 5) is 0. The molecule has 0 aromatic heterocycles. The topological polar surface area (TPSA) is 32.3 Å². The van der Waals surface area contributed by atoms with Crippen molar-refractivity contribution < 1.29 is 5.11 Å². The highest BCUT2D eigenvalue weighted by atomic mass is 79.9. The first kappa shape index (κ1) is 13.7. The minimum absolute atomic E-state index is 0.278. The van der Waals surface area contributed by atoms with E-state index < -0.39 is 0 Å². The van der Waals surface area contributed by atoms with Crippen LogP contribution in [0.25, 0.3) is 0 Å². The fraction of sp³-hybridized carbons (Fsp3) is 0.538. The summed E-state index contributed by atoms with van der Waals surface area (Å²) in [7, 11) is 0. The molecule has 2 nitrogen and oxygen atoms in total. The molecule has 0 fully saturated rings. The summed E-state index contributed by atoms with van der Waals surface area (Å²) >= 11 is 3.46. The zero-order valence-corrected chi connectivity index (χ0v) is 11.3. The Kier molecular flexibility index (Phi) is 6.69. The predicted molar refractivity (Wildman–Crippen MR) is 71.6 cm³/mol. The van der Waals surface area contributed by atoms with Gasteiger partial charge in [0.15, 0.2) is 0 Å². The number of halogens is 1. The van der Waals surface area contributed by atoms with Gasteiger partial charge in [-0.1, -0.05) is 35.0 Å². The molecule has 90 valence electrons. The Labute approximate surface area is 106 Å². The summed E-state index contributed by atoms with van der Waals surface area (Å²) in [6, 6.07) is 8.37. The molecule has 0 amide bonds. The minimum atomic E-state index is 0.278. The second-order valence-electron chi connectivity index (χ2n) is 4.04. The van der Waals surface area contributed by atoms with Crippen molar-refractivity contribution in [1.29, 1.82) is 0 Å². The number of nitrogens with one attached hydrogen (secondary N) is 1. The summed E-state index contributed by atoms with van der Waals surface area (Å²) in [6.45, 7) is 4.26. The van der Waals surface area contributed by atoms with E-state index in [9.17, 15) is 0 Å². The van der Waals surface area contributed by atoms with Crippen molar-refractivity contribution in [3.63, 3.8) is 0 Å². The Hall–Kier alpha value is -0.380. The summed E-state index contributed by atoms with van der Waals surface area (Å²) in [5.74, 6) is 0.391. The van der Waals surface area contributed by atoms with E-state index in [-0.39, 0.29) is 6.61 Å². The highest BCUT2D eigenvalue weighted by Crippen LogP contribution is 2.11. The molecule has 0 aliphatic rings. The van der Waals surface area contributed by atoms with E-state index in [1.54, 1.807) is 0 Å². The third kappa shape index (κ3) is 5.10. The van der Waals surface area contributed by atoms with Gasteiger partial charge in [-0.15, -0.1) is 0 Å². The van der Waals surface area contributed by atoms with Gasteiger partial charge in [-0.25, -0.2) is 0 Å². The van der Waals surface area contributed by atoms with Crippen LogP contribution in [0.2, 0.25) is 0 Å². The average Bonchev–Trinajstić information content (AvgIpc) is 2.29. The van der Waals surface area contributed by atoms with Crippen molar-refractivity contribution in [2.24, 2.45) is 5.92 Å². The van der Waals surface area contributed by atoms with Gasteiger partial charge in [-0.3, -0.25) is 0 Å². The van der Waals surface area contributed by atoms with Crippen molar-refractivity contribution in [2.75, 3.05) is 19.7 Å². The summed E-state index contributed by atoms with van der Waals surface area (Å²) in [5, 5.41) is 12.4. The van der Waals surface area contributed by atoms with E-state index in [1.165, 1.54) is 5.56 Å². The lowest BCUT2D eigenvalue weighted by atomic mass is 10.1. The summed E-state index contributed by atoms with van der Waals surface area (Å²) in [5.41, 5.74) is 1.33. The number of hydrogen-bond acceptors (Lipinski definition) is 2. The van der Waals surface area contributed by atoms with Crippen LogP contribution in [0, 0.1) is 5.92 Å². The zero-order chi connectivity index (χ0) is 11.8. The molecule has 1 atom stereocenters. The zero-order valence-electron chi connectivity index (χ0n) is 9.75. The van der Waals surface area contributed by atoms with Gasteiger partial charge >= 0.3 is 0 Å². The van der Waals surface area contributed by atoms with Gasteiger partial charge in [0.05, 0.1) is 0 Å². The van der Waals surface area contributed by atoms with Crippen LogP contribution in [0.3, 0.4) is 0 Å². The maximum atomic E-state index is 9.03. The lowest BCUT2D eigenvalue weighted by Gasteiger charge is -2.12. The van der Waals surface area contributed by atoms with Crippen molar-refractivity contribution in [1.82, 2.24) is 5.32 Å². The maximum Gasteiger partial charge on any atom is 0.0471 e. The van der Waals surface area contributed by atoms with Gasteiger partial charge in [-0.2, -0.15) is 0 Å². The van der Waals surface area contributed by atoms with Gasteiger partial charge in [0.2, 0.25) is 0 Å². The van der Waals surface area contributed by atoms with Gasteiger partial charge in [0.1, 0.15) is 0 Å². The lowest BCUT2D eigenvalue weighted by Crippen LogP contribution is -2.26. The Balaban J connectivity index is 2.20. The molecule has 1 rings (SSSR count). The third-order valence-electron chi connectivity index (χ3n) is 2.75. The largest absolute Gasteiger partial charge is 0.396 e. The van der Waals surface area contributed by atoms with Crippen molar-refractivity contribution in [3.05, 3.63) is 34.3 Å². The van der Waals surface area contributed by atoms with Crippen molar-refractivity contribution in [3.8, 4) is 0 Å². The molecule has 1 unspecified atom stereocenters. The second-order valence-corrected chi connectivity index (χ2v) is 4.96. The Morgan fingerprint density at radius 3 is 2.88 bits per heavy atom. The van der Waals surface area contributed by atoms with Crippen molar-refractivity contribution in [2.45, 2.75) is 19.8 Å². The number of rotatable bonds is 7. The molecular formula is C13H20BrNO. The molecule has 0 bridgehead atoms. The monoisotopic (exact) mass is 285 g/mol. The fourth-order valence-electron chi connectivity index (χ4n) is 1.57. The molecule has 0 saturated carbocycles. The molecule has 1 aromatic carbocycles. The molecule has 0 aliphatic heterocycles. The number of benzene rings is 1. The van der Waals surface area contributed by atoms with E-state index in [2.05, 4.69) is 46.4 Å². The van der Waals surface area contributed by atoms with E-state index in [0.29, 0.717) is 5.92 Å². The molecule has 1 aromatic rings. The molecule has 0 aliphatic carbocycles. The average molecular weight is 286 g/mol. The van der Waals surface area contributed by atoms with Crippen LogP contribution in [0.5, 0.6) is 0 Å². The number of aliphatic hydroxyl groups excluding tert-OH is 1. The first-order valence-corrected chi connectivity index (χ1v) is 6.61. The molecule has 0 radical (unpaired) electrons. The fourth-order valence-corrected chi connectivity index (χ4v) is 2.02. The normalized spacial score (nSPS) is 12.7. The molecule has 3 heteroatoms. The molecular weight excluding hydrogens is 266 g/mol. The maximum absolute atomic E-state index is 9.03. The van der Waals surface area contributed by atoms with Crippen molar-refractivity contribution >= 4 is 15.9 Å². The quantitative estimate of drug-likeness (QED) is 0.755. The van der Waals surface area contributed by atoms with E-state index in [1.807, 2.05) is 6.07 Å². The van der Waals surface area contributed by atoms with Crippen LogP contribution in [-0.4, -0.2) is 24.8 Å². The van der Waals surface area contributed by atoms with Crippen LogP contribution < -0.4 is 5.32 Å². The van der Waals surface area contributed by atoms with E-state index in [4.69, 9.17) is 5.11 Å². The molecule has 0 spiro atoms. The third-order valence-corrected chi connectivity index (χ3v) is 3.24. The smallest absolute Gasteiger partial charge is 0.0471 e. The van der Waals surface area contributed by atoms with Crippen LogP contribution >= 0.6 is 15.9 Å². The first-order valence-electron chi connectivity index (χ1n) is 5.82. The van der Waals surface area contributed by atoms with Crippen LogP contribution in [-0.2, 0) is 6.42 Å². The Morgan fingerprint density at radius 2 is 2.25 bits per heavy atom. The van der Waals surface area contributed by atoms with Gasteiger partial charge < -0.3 is 10.4 Å². The Morgan fingerprint density at radius 1 is 1.44 bits per heavy atom. The van der Waals surface area contributed by atoms with Crippen LogP contribution in [0.1, 0.15) is 18.9 Å². The molecule has 2 N–H and O–H groups in total. The Bertz CT molecular complexity index is 300. The SMILES string of the molecule is CCC(CO)CNCCc1cccc(Br)c1.